The summed E-state index contributed by atoms with van der Waals surface area (Å²) < 4.78 is 41.1. The predicted molar refractivity (Wildman–Crippen MR) is 94.8 cm³/mol. The molecular formula is C19H12ClF3N4. The van der Waals surface area contributed by atoms with Gasteiger partial charge in [0.1, 0.15) is 5.15 Å². The Balaban J connectivity index is 1.53. The standard InChI is InChI=1S/C19H12ClF3N4/c20-16-8-14(18-24-4-5-27(18)26-16)13-7-12(13)11-6-10-2-1-3-15(19(21,22)23)17(10)25-9-11/h1-6,8-9,12-13H,7H2/t12-,13+/m1/s1. The second-order valence-electron chi connectivity index (χ2n) is 6.71. The minimum absolute atomic E-state index is 0.0199. The molecule has 4 nitrogen and oxygen atoms in total. The Kier molecular flexibility index (Phi) is 3.46. The molecule has 0 spiro atoms. The zero-order chi connectivity index (χ0) is 18.8. The minimum Gasteiger partial charge on any atom is -0.255 e. The summed E-state index contributed by atoms with van der Waals surface area (Å²) in [6, 6.07) is 7.74. The third kappa shape index (κ3) is 2.73. The summed E-state index contributed by atoms with van der Waals surface area (Å²) in [6.45, 7) is 0. The molecule has 136 valence electrons. The first-order valence-electron chi connectivity index (χ1n) is 8.37. The number of halogens is 4. The van der Waals surface area contributed by atoms with E-state index < -0.39 is 11.7 Å². The first-order valence-corrected chi connectivity index (χ1v) is 8.75. The van der Waals surface area contributed by atoms with Crippen LogP contribution in [0.25, 0.3) is 16.6 Å². The number of imidazole rings is 1. The van der Waals surface area contributed by atoms with E-state index in [1.54, 1.807) is 35.2 Å². The quantitative estimate of drug-likeness (QED) is 0.473. The summed E-state index contributed by atoms with van der Waals surface area (Å²) in [6.07, 6.45) is 1.40. The molecule has 0 amide bonds. The van der Waals surface area contributed by atoms with Gasteiger partial charge in [-0.2, -0.15) is 18.3 Å². The average Bonchev–Trinajstić information content (AvgIpc) is 3.29. The van der Waals surface area contributed by atoms with E-state index in [1.807, 2.05) is 6.07 Å². The van der Waals surface area contributed by atoms with E-state index in [0.29, 0.717) is 10.5 Å². The molecule has 3 heterocycles. The summed E-state index contributed by atoms with van der Waals surface area (Å²) >= 11 is 6.11. The Morgan fingerprint density at radius 1 is 1.11 bits per heavy atom. The smallest absolute Gasteiger partial charge is 0.255 e. The first kappa shape index (κ1) is 16.5. The van der Waals surface area contributed by atoms with E-state index in [0.717, 1.165) is 29.3 Å². The number of nitrogens with zero attached hydrogens (tertiary/aromatic N) is 4. The monoisotopic (exact) mass is 388 g/mol. The molecule has 1 aliphatic carbocycles. The lowest BCUT2D eigenvalue weighted by molar-refractivity contribution is -0.136. The number of rotatable bonds is 2. The molecule has 27 heavy (non-hydrogen) atoms. The number of hydrogen-bond donors (Lipinski definition) is 0. The Morgan fingerprint density at radius 2 is 1.96 bits per heavy atom. The minimum atomic E-state index is -4.42. The van der Waals surface area contributed by atoms with Crippen LogP contribution in [-0.2, 0) is 6.18 Å². The van der Waals surface area contributed by atoms with Crippen molar-refractivity contribution in [3.63, 3.8) is 0 Å². The van der Waals surface area contributed by atoms with Gasteiger partial charge >= 0.3 is 6.18 Å². The SMILES string of the molecule is FC(F)(F)c1cccc2cc([C@H]3C[C@@H]3c3cc(Cl)nn4ccnc34)cnc12. The molecule has 0 N–H and O–H groups in total. The van der Waals surface area contributed by atoms with Gasteiger partial charge in [-0.1, -0.05) is 23.7 Å². The van der Waals surface area contributed by atoms with Crippen LogP contribution in [0.15, 0.2) is 48.9 Å². The van der Waals surface area contributed by atoms with Crippen molar-refractivity contribution < 1.29 is 13.2 Å². The van der Waals surface area contributed by atoms with Gasteiger partial charge in [-0.15, -0.1) is 0 Å². The van der Waals surface area contributed by atoms with E-state index in [9.17, 15) is 13.2 Å². The number of para-hydroxylation sites is 1. The maximum Gasteiger partial charge on any atom is 0.418 e. The highest BCUT2D eigenvalue weighted by atomic mass is 35.5. The molecule has 1 saturated carbocycles. The van der Waals surface area contributed by atoms with Gasteiger partial charge in [-0.05, 0) is 42.0 Å². The fourth-order valence-corrected chi connectivity index (χ4v) is 3.90. The van der Waals surface area contributed by atoms with Gasteiger partial charge in [-0.25, -0.2) is 9.50 Å². The second kappa shape index (κ2) is 5.66. The molecule has 1 fully saturated rings. The topological polar surface area (TPSA) is 43.1 Å². The maximum absolute atomic E-state index is 13.2. The lowest BCUT2D eigenvalue weighted by Crippen LogP contribution is -2.06. The van der Waals surface area contributed by atoms with E-state index in [1.165, 1.54) is 6.07 Å². The van der Waals surface area contributed by atoms with Crippen LogP contribution < -0.4 is 0 Å². The average molecular weight is 389 g/mol. The van der Waals surface area contributed by atoms with Crippen molar-refractivity contribution in [2.24, 2.45) is 0 Å². The number of benzene rings is 1. The molecule has 0 aliphatic heterocycles. The summed E-state index contributed by atoms with van der Waals surface area (Å²) in [4.78, 5) is 8.47. The largest absolute Gasteiger partial charge is 0.418 e. The van der Waals surface area contributed by atoms with Gasteiger partial charge in [0.25, 0.3) is 0 Å². The fourth-order valence-electron chi connectivity index (χ4n) is 3.70. The Morgan fingerprint density at radius 3 is 2.78 bits per heavy atom. The van der Waals surface area contributed by atoms with Crippen LogP contribution in [-0.4, -0.2) is 19.6 Å². The summed E-state index contributed by atoms with van der Waals surface area (Å²) in [5.74, 6) is 0.371. The summed E-state index contributed by atoms with van der Waals surface area (Å²) in [7, 11) is 0. The van der Waals surface area contributed by atoms with Crippen LogP contribution in [0.3, 0.4) is 0 Å². The van der Waals surface area contributed by atoms with Gasteiger partial charge in [0.05, 0.1) is 11.1 Å². The number of alkyl halides is 3. The normalized spacial score (nSPS) is 19.7. The lowest BCUT2D eigenvalue weighted by atomic mass is 10.0. The highest BCUT2D eigenvalue weighted by Gasteiger charge is 2.42. The first-order chi connectivity index (χ1) is 12.9. The van der Waals surface area contributed by atoms with Crippen molar-refractivity contribution in [2.45, 2.75) is 24.4 Å². The number of pyridine rings is 1. The van der Waals surface area contributed by atoms with Gasteiger partial charge in [0, 0.05) is 29.5 Å². The van der Waals surface area contributed by atoms with Crippen LogP contribution >= 0.6 is 11.6 Å². The van der Waals surface area contributed by atoms with Crippen LogP contribution in [0.2, 0.25) is 5.15 Å². The van der Waals surface area contributed by atoms with E-state index >= 15 is 0 Å². The molecule has 0 saturated heterocycles. The molecule has 5 rings (SSSR count). The van der Waals surface area contributed by atoms with E-state index in [-0.39, 0.29) is 17.4 Å². The molecule has 0 bridgehead atoms. The van der Waals surface area contributed by atoms with Crippen LogP contribution in [0.4, 0.5) is 13.2 Å². The molecule has 4 aromatic rings. The fraction of sp³-hybridized carbons (Fsp3) is 0.211. The Bertz CT molecular complexity index is 1180. The molecule has 0 radical (unpaired) electrons. The molecule has 1 aliphatic rings. The van der Waals surface area contributed by atoms with Gasteiger partial charge in [0.15, 0.2) is 5.65 Å². The zero-order valence-electron chi connectivity index (χ0n) is 13.8. The third-order valence-electron chi connectivity index (χ3n) is 5.01. The van der Waals surface area contributed by atoms with Crippen molar-refractivity contribution in [1.82, 2.24) is 19.6 Å². The van der Waals surface area contributed by atoms with Gasteiger partial charge in [-0.3, -0.25) is 4.98 Å². The predicted octanol–water partition coefficient (Wildman–Crippen LogP) is 5.22. The number of hydrogen-bond acceptors (Lipinski definition) is 3. The molecule has 0 unspecified atom stereocenters. The molecule has 1 aromatic carbocycles. The summed E-state index contributed by atoms with van der Waals surface area (Å²) in [5, 5.41) is 5.05. The van der Waals surface area contributed by atoms with Gasteiger partial charge in [0.2, 0.25) is 0 Å². The van der Waals surface area contributed by atoms with Crippen molar-refractivity contribution in [2.75, 3.05) is 0 Å². The molecule has 3 aromatic heterocycles. The third-order valence-corrected chi connectivity index (χ3v) is 5.20. The van der Waals surface area contributed by atoms with E-state index in [2.05, 4.69) is 15.1 Å². The Labute approximate surface area is 156 Å². The molecular weight excluding hydrogens is 377 g/mol. The zero-order valence-corrected chi connectivity index (χ0v) is 14.5. The lowest BCUT2D eigenvalue weighted by Gasteiger charge is -2.10. The number of aromatic nitrogens is 4. The molecule has 2 atom stereocenters. The highest BCUT2D eigenvalue weighted by Crippen LogP contribution is 2.55. The van der Waals surface area contributed by atoms with Crippen molar-refractivity contribution in [1.29, 1.82) is 0 Å². The van der Waals surface area contributed by atoms with Crippen LogP contribution in [0.1, 0.15) is 34.9 Å². The van der Waals surface area contributed by atoms with Gasteiger partial charge < -0.3 is 0 Å². The van der Waals surface area contributed by atoms with Crippen molar-refractivity contribution in [3.05, 3.63) is 70.8 Å². The number of fused-ring (bicyclic) bond motifs is 2. The highest BCUT2D eigenvalue weighted by molar-refractivity contribution is 6.29. The summed E-state index contributed by atoms with van der Waals surface area (Å²) in [5.41, 5.74) is 1.94. The van der Waals surface area contributed by atoms with Crippen molar-refractivity contribution in [3.8, 4) is 0 Å². The maximum atomic E-state index is 13.2. The molecule has 8 heteroatoms. The Hall–Kier alpha value is -2.67. The van der Waals surface area contributed by atoms with Crippen LogP contribution in [0, 0.1) is 0 Å². The van der Waals surface area contributed by atoms with Crippen molar-refractivity contribution >= 4 is 28.2 Å². The second-order valence-corrected chi connectivity index (χ2v) is 7.10. The van der Waals surface area contributed by atoms with E-state index in [4.69, 9.17) is 11.6 Å². The van der Waals surface area contributed by atoms with Crippen LogP contribution in [0.5, 0.6) is 0 Å².